The molecule has 14 heavy (non-hydrogen) atoms. The Morgan fingerprint density at radius 1 is 1.29 bits per heavy atom. The molecule has 0 unspecified atom stereocenters. The topological polar surface area (TPSA) is 24.4 Å². The highest BCUT2D eigenvalue weighted by Crippen LogP contribution is 2.11. The lowest BCUT2D eigenvalue weighted by molar-refractivity contribution is 0.764. The first-order chi connectivity index (χ1) is 6.79. The van der Waals surface area contributed by atoms with Gasteiger partial charge in [0.1, 0.15) is 0 Å². The Morgan fingerprint density at radius 2 is 2.00 bits per heavy atom. The van der Waals surface area contributed by atoms with Crippen LogP contribution in [0.5, 0.6) is 0 Å². The van der Waals surface area contributed by atoms with Crippen molar-refractivity contribution in [1.29, 1.82) is 0 Å². The minimum atomic E-state index is 0.856. The number of rotatable bonds is 6. The molecule has 0 saturated heterocycles. The molecular weight excluding hydrogens is 172 g/mol. The Bertz CT molecular complexity index is 224. The summed E-state index contributed by atoms with van der Waals surface area (Å²) in [6.45, 7) is 10.1. The quantitative estimate of drug-likeness (QED) is 0.510. The Hall–Kier alpha value is -0.890. The Morgan fingerprint density at radius 3 is 2.43 bits per heavy atom. The van der Waals surface area contributed by atoms with E-state index in [9.17, 15) is 0 Å². The first kappa shape index (κ1) is 13.1. The first-order valence-corrected chi connectivity index (χ1v) is 5.34. The molecule has 0 aliphatic carbocycles. The zero-order valence-electron chi connectivity index (χ0n) is 9.80. The number of allylic oxidation sites excluding steroid dienone is 3. The molecule has 0 aromatic rings. The van der Waals surface area contributed by atoms with Crippen LogP contribution < -0.4 is 5.32 Å². The number of nitrogens with zero attached hydrogens (tertiary/aromatic N) is 1. The van der Waals surface area contributed by atoms with Gasteiger partial charge in [0.05, 0.1) is 5.70 Å². The molecule has 0 saturated carbocycles. The van der Waals surface area contributed by atoms with Gasteiger partial charge in [-0.3, -0.25) is 4.99 Å². The molecule has 0 aromatic heterocycles. The summed E-state index contributed by atoms with van der Waals surface area (Å²) >= 11 is 0. The van der Waals surface area contributed by atoms with E-state index in [0.717, 1.165) is 25.2 Å². The van der Waals surface area contributed by atoms with Crippen LogP contribution in [0, 0.1) is 0 Å². The summed E-state index contributed by atoms with van der Waals surface area (Å²) < 4.78 is 0. The Balaban J connectivity index is 4.69. The standard InChI is InChI=1S/C12H22N2/c1-5-9-11(6-2)12(14-8-4)10-13-7-3/h5,8-9,13H,6-7,10H2,1-4H3/b9-5-,12-11-,14-8-. The van der Waals surface area contributed by atoms with Crippen molar-refractivity contribution in [1.82, 2.24) is 5.32 Å². The predicted octanol–water partition coefficient (Wildman–Crippen LogP) is 2.93. The maximum Gasteiger partial charge on any atom is 0.0569 e. The number of nitrogens with one attached hydrogen (secondary N) is 1. The van der Waals surface area contributed by atoms with Gasteiger partial charge >= 0.3 is 0 Å². The summed E-state index contributed by atoms with van der Waals surface area (Å²) in [5, 5.41) is 3.30. The molecule has 0 aliphatic heterocycles. The maximum absolute atomic E-state index is 4.39. The van der Waals surface area contributed by atoms with Gasteiger partial charge in [-0.1, -0.05) is 26.0 Å². The van der Waals surface area contributed by atoms with E-state index >= 15 is 0 Å². The molecule has 0 fully saturated rings. The lowest BCUT2D eigenvalue weighted by Crippen LogP contribution is -2.16. The predicted molar refractivity (Wildman–Crippen MR) is 64.8 cm³/mol. The van der Waals surface area contributed by atoms with Crippen molar-refractivity contribution in [3.05, 3.63) is 23.4 Å². The minimum absolute atomic E-state index is 0.856. The summed E-state index contributed by atoms with van der Waals surface area (Å²) in [7, 11) is 0. The largest absolute Gasteiger partial charge is 0.311 e. The summed E-state index contributed by atoms with van der Waals surface area (Å²) in [4.78, 5) is 4.39. The highest BCUT2D eigenvalue weighted by atomic mass is 14.9. The molecule has 0 heterocycles. The number of aliphatic imine (C=N–C) groups is 1. The van der Waals surface area contributed by atoms with E-state index < -0.39 is 0 Å². The summed E-state index contributed by atoms with van der Waals surface area (Å²) in [6.07, 6.45) is 7.09. The summed E-state index contributed by atoms with van der Waals surface area (Å²) in [5.74, 6) is 0. The molecule has 0 radical (unpaired) electrons. The van der Waals surface area contributed by atoms with Crippen LogP contribution in [-0.2, 0) is 0 Å². The van der Waals surface area contributed by atoms with Crippen LogP contribution in [0.3, 0.4) is 0 Å². The molecule has 2 heteroatoms. The lowest BCUT2D eigenvalue weighted by atomic mass is 10.1. The molecule has 0 spiro atoms. The second-order valence-electron chi connectivity index (χ2n) is 2.99. The normalized spacial score (nSPS) is 14.0. The van der Waals surface area contributed by atoms with Gasteiger partial charge in [0.2, 0.25) is 0 Å². The van der Waals surface area contributed by atoms with Crippen LogP contribution in [0.4, 0.5) is 0 Å². The Kier molecular flexibility index (Phi) is 8.14. The van der Waals surface area contributed by atoms with Crippen molar-refractivity contribution in [2.45, 2.75) is 34.1 Å². The van der Waals surface area contributed by atoms with Gasteiger partial charge in [-0.25, -0.2) is 0 Å². The van der Waals surface area contributed by atoms with Gasteiger partial charge in [-0.15, -0.1) is 0 Å². The van der Waals surface area contributed by atoms with Crippen molar-refractivity contribution in [3.63, 3.8) is 0 Å². The van der Waals surface area contributed by atoms with Gasteiger partial charge in [-0.2, -0.15) is 0 Å². The second kappa shape index (κ2) is 8.70. The monoisotopic (exact) mass is 194 g/mol. The number of hydrogen-bond donors (Lipinski definition) is 1. The van der Waals surface area contributed by atoms with Crippen LogP contribution in [-0.4, -0.2) is 19.3 Å². The van der Waals surface area contributed by atoms with Crippen molar-refractivity contribution in [2.24, 2.45) is 4.99 Å². The van der Waals surface area contributed by atoms with Crippen LogP contribution in [0.1, 0.15) is 34.1 Å². The summed E-state index contributed by atoms with van der Waals surface area (Å²) in [5.41, 5.74) is 2.46. The zero-order chi connectivity index (χ0) is 10.8. The molecule has 0 atom stereocenters. The molecule has 0 bridgehead atoms. The number of hydrogen-bond acceptors (Lipinski definition) is 2. The lowest BCUT2D eigenvalue weighted by Gasteiger charge is -2.07. The van der Waals surface area contributed by atoms with Gasteiger partial charge in [0, 0.05) is 12.8 Å². The van der Waals surface area contributed by atoms with Crippen molar-refractivity contribution in [3.8, 4) is 0 Å². The molecule has 1 N–H and O–H groups in total. The Labute approximate surface area is 87.8 Å². The highest BCUT2D eigenvalue weighted by Gasteiger charge is 1.99. The van der Waals surface area contributed by atoms with E-state index in [1.807, 2.05) is 20.1 Å². The van der Waals surface area contributed by atoms with Gasteiger partial charge in [0.15, 0.2) is 0 Å². The average Bonchev–Trinajstić information content (AvgIpc) is 2.21. The van der Waals surface area contributed by atoms with Crippen molar-refractivity contribution in [2.75, 3.05) is 13.1 Å². The molecule has 0 aliphatic rings. The average molecular weight is 194 g/mol. The fourth-order valence-electron chi connectivity index (χ4n) is 1.26. The van der Waals surface area contributed by atoms with Gasteiger partial charge in [-0.05, 0) is 32.4 Å². The first-order valence-electron chi connectivity index (χ1n) is 5.34. The highest BCUT2D eigenvalue weighted by molar-refractivity contribution is 5.56. The molecule has 0 amide bonds. The third kappa shape index (κ3) is 4.97. The molecule has 0 rings (SSSR count). The van der Waals surface area contributed by atoms with E-state index in [-0.39, 0.29) is 0 Å². The fourth-order valence-corrected chi connectivity index (χ4v) is 1.26. The minimum Gasteiger partial charge on any atom is -0.311 e. The van der Waals surface area contributed by atoms with Crippen LogP contribution in [0.15, 0.2) is 28.4 Å². The van der Waals surface area contributed by atoms with E-state index in [1.165, 1.54) is 5.57 Å². The third-order valence-electron chi connectivity index (χ3n) is 1.95. The van der Waals surface area contributed by atoms with Crippen LogP contribution >= 0.6 is 0 Å². The molecule has 80 valence electrons. The van der Waals surface area contributed by atoms with E-state index in [1.54, 1.807) is 0 Å². The van der Waals surface area contributed by atoms with Crippen LogP contribution in [0.2, 0.25) is 0 Å². The smallest absolute Gasteiger partial charge is 0.0569 e. The third-order valence-corrected chi connectivity index (χ3v) is 1.95. The van der Waals surface area contributed by atoms with Crippen LogP contribution in [0.25, 0.3) is 0 Å². The zero-order valence-corrected chi connectivity index (χ0v) is 9.80. The molecule has 2 nitrogen and oxygen atoms in total. The maximum atomic E-state index is 4.39. The van der Waals surface area contributed by atoms with Gasteiger partial charge in [0.25, 0.3) is 0 Å². The SMILES string of the molecule is C\C=C/C(CC)=C(CNCC)\N=C/C. The van der Waals surface area contributed by atoms with Gasteiger partial charge < -0.3 is 5.32 Å². The summed E-state index contributed by atoms with van der Waals surface area (Å²) in [6, 6.07) is 0. The number of likely N-dealkylation sites (N-methyl/N-ethyl adjacent to an activating group) is 1. The van der Waals surface area contributed by atoms with E-state index in [0.29, 0.717) is 0 Å². The van der Waals surface area contributed by atoms with Crippen molar-refractivity contribution >= 4 is 6.21 Å². The fraction of sp³-hybridized carbons (Fsp3) is 0.583. The van der Waals surface area contributed by atoms with E-state index in [4.69, 9.17) is 0 Å². The molecule has 0 aromatic carbocycles. The van der Waals surface area contributed by atoms with E-state index in [2.05, 4.69) is 36.3 Å². The van der Waals surface area contributed by atoms with Crippen molar-refractivity contribution < 1.29 is 0 Å². The molecular formula is C12H22N2. The second-order valence-corrected chi connectivity index (χ2v) is 2.99.